The molecule has 8 heteroatoms. The van der Waals surface area contributed by atoms with E-state index in [1.54, 1.807) is 23.9 Å². The van der Waals surface area contributed by atoms with E-state index in [1.165, 1.54) is 4.90 Å². The minimum atomic E-state index is -0.403. The number of carbonyl (C=O) groups is 2. The van der Waals surface area contributed by atoms with E-state index in [0.29, 0.717) is 5.82 Å². The van der Waals surface area contributed by atoms with E-state index in [4.69, 9.17) is 11.6 Å². The monoisotopic (exact) mass is 361 g/mol. The van der Waals surface area contributed by atoms with E-state index in [-0.39, 0.29) is 29.2 Å². The maximum Gasteiger partial charge on any atom is 0.274 e. The van der Waals surface area contributed by atoms with Crippen LogP contribution in [0.1, 0.15) is 34.7 Å². The predicted octanol–water partition coefficient (Wildman–Crippen LogP) is 1.89. The number of pyridine rings is 1. The smallest absolute Gasteiger partial charge is 0.274 e. The first kappa shape index (κ1) is 17.4. The average Bonchev–Trinajstić information content (AvgIpc) is 3.29. The minimum Gasteiger partial charge on any atom is -0.352 e. The van der Waals surface area contributed by atoms with E-state index < -0.39 is 5.91 Å². The molecule has 1 aliphatic carbocycles. The number of likely N-dealkylation sites (N-methyl/N-ethyl adjacent to an activating group) is 1. The minimum absolute atomic E-state index is 0.0303. The highest BCUT2D eigenvalue weighted by atomic mass is 35.5. The molecule has 1 N–H and O–H groups in total. The van der Waals surface area contributed by atoms with Gasteiger partial charge >= 0.3 is 0 Å². The maximum atomic E-state index is 12.6. The van der Waals surface area contributed by atoms with Crippen LogP contribution in [-0.2, 0) is 4.79 Å². The van der Waals surface area contributed by atoms with Gasteiger partial charge < -0.3 is 10.2 Å². The molecular weight excluding hydrogens is 342 g/mol. The summed E-state index contributed by atoms with van der Waals surface area (Å²) in [5.41, 5.74) is 1.87. The van der Waals surface area contributed by atoms with Crippen molar-refractivity contribution in [3.05, 3.63) is 40.3 Å². The van der Waals surface area contributed by atoms with Crippen LogP contribution in [0.2, 0.25) is 5.02 Å². The Balaban J connectivity index is 1.80. The van der Waals surface area contributed by atoms with Crippen molar-refractivity contribution in [2.45, 2.75) is 32.7 Å². The summed E-state index contributed by atoms with van der Waals surface area (Å²) < 4.78 is 1.66. The van der Waals surface area contributed by atoms with Gasteiger partial charge in [0.25, 0.3) is 5.91 Å². The van der Waals surface area contributed by atoms with Gasteiger partial charge in [-0.25, -0.2) is 9.67 Å². The Hall–Kier alpha value is -2.41. The lowest BCUT2D eigenvalue weighted by Crippen LogP contribution is -2.39. The lowest BCUT2D eigenvalue weighted by atomic mass is 10.3. The number of halogens is 1. The van der Waals surface area contributed by atoms with Gasteiger partial charge in [0.05, 0.1) is 17.3 Å². The molecule has 2 amide bonds. The van der Waals surface area contributed by atoms with Crippen LogP contribution in [0.5, 0.6) is 0 Å². The van der Waals surface area contributed by atoms with E-state index >= 15 is 0 Å². The molecular formula is C17H20ClN5O2. The highest BCUT2D eigenvalue weighted by Crippen LogP contribution is 2.20. The Kier molecular flexibility index (Phi) is 4.76. The first-order valence-corrected chi connectivity index (χ1v) is 8.48. The second-order valence-corrected chi connectivity index (χ2v) is 6.75. The maximum absolute atomic E-state index is 12.6. The highest BCUT2D eigenvalue weighted by molar-refractivity contribution is 6.33. The fraction of sp³-hybridized carbons (Fsp3) is 0.412. The standard InChI is InChI=1S/C17H20ClN5O2/c1-10-8-11(2)23(21-10)14-7-6-13(18)16(20-14)17(25)22(3)9-15(24)19-12-4-5-12/h6-8,12H,4-5,9H2,1-3H3,(H,19,24). The molecule has 2 aromatic heterocycles. The van der Waals surface area contributed by atoms with Gasteiger partial charge in [0.15, 0.2) is 5.82 Å². The van der Waals surface area contributed by atoms with Gasteiger partial charge in [0, 0.05) is 18.8 Å². The molecule has 0 radical (unpaired) electrons. The number of nitrogens with one attached hydrogen (secondary N) is 1. The fourth-order valence-corrected chi connectivity index (χ4v) is 2.72. The van der Waals surface area contributed by atoms with Crippen molar-refractivity contribution in [2.75, 3.05) is 13.6 Å². The largest absolute Gasteiger partial charge is 0.352 e. The van der Waals surface area contributed by atoms with Crippen LogP contribution < -0.4 is 5.32 Å². The lowest BCUT2D eigenvalue weighted by molar-refractivity contribution is -0.121. The number of aryl methyl sites for hydroxylation is 2. The third-order valence-electron chi connectivity index (χ3n) is 3.93. The van der Waals surface area contributed by atoms with Crippen molar-refractivity contribution in [3.63, 3.8) is 0 Å². The Morgan fingerprint density at radius 1 is 1.36 bits per heavy atom. The summed E-state index contributed by atoms with van der Waals surface area (Å²) in [5, 5.41) is 7.46. The number of amides is 2. The third-order valence-corrected chi connectivity index (χ3v) is 4.24. The summed E-state index contributed by atoms with van der Waals surface area (Å²) in [4.78, 5) is 30.2. The van der Waals surface area contributed by atoms with Gasteiger partial charge in [0.1, 0.15) is 5.69 Å². The second-order valence-electron chi connectivity index (χ2n) is 6.34. The molecule has 2 aromatic rings. The third kappa shape index (κ3) is 3.99. The molecule has 3 rings (SSSR count). The molecule has 1 aliphatic rings. The summed E-state index contributed by atoms with van der Waals surface area (Å²) in [6, 6.07) is 5.50. The molecule has 25 heavy (non-hydrogen) atoms. The normalized spacial score (nSPS) is 13.6. The van der Waals surface area contributed by atoms with Crippen LogP contribution in [0.4, 0.5) is 0 Å². The molecule has 0 aliphatic heterocycles. The average molecular weight is 362 g/mol. The van der Waals surface area contributed by atoms with Crippen molar-refractivity contribution in [1.29, 1.82) is 0 Å². The molecule has 7 nitrogen and oxygen atoms in total. The van der Waals surface area contributed by atoms with Crippen molar-refractivity contribution in [3.8, 4) is 5.82 Å². The Morgan fingerprint density at radius 2 is 2.08 bits per heavy atom. The first-order valence-electron chi connectivity index (χ1n) is 8.10. The summed E-state index contributed by atoms with van der Waals surface area (Å²) in [5.74, 6) is -0.0716. The number of hydrogen-bond donors (Lipinski definition) is 1. The zero-order valence-corrected chi connectivity index (χ0v) is 15.2. The van der Waals surface area contributed by atoms with Crippen molar-refractivity contribution >= 4 is 23.4 Å². The second kappa shape index (κ2) is 6.84. The highest BCUT2D eigenvalue weighted by Gasteiger charge is 2.25. The molecule has 0 aromatic carbocycles. The Labute approximate surface area is 151 Å². The van der Waals surface area contributed by atoms with Gasteiger partial charge in [-0.15, -0.1) is 0 Å². The van der Waals surface area contributed by atoms with Crippen LogP contribution in [0.3, 0.4) is 0 Å². The number of rotatable bonds is 5. The van der Waals surface area contributed by atoms with Gasteiger partial charge in [-0.2, -0.15) is 5.10 Å². The quantitative estimate of drug-likeness (QED) is 0.881. The molecule has 0 spiro atoms. The van der Waals surface area contributed by atoms with Crippen LogP contribution in [0.15, 0.2) is 18.2 Å². The first-order chi connectivity index (χ1) is 11.8. The number of aromatic nitrogens is 3. The molecule has 0 atom stereocenters. The van der Waals surface area contributed by atoms with Crippen molar-refractivity contribution in [1.82, 2.24) is 25.0 Å². The van der Waals surface area contributed by atoms with Crippen molar-refractivity contribution < 1.29 is 9.59 Å². The van der Waals surface area contributed by atoms with E-state index in [1.807, 2.05) is 19.9 Å². The number of hydrogen-bond acceptors (Lipinski definition) is 4. The zero-order chi connectivity index (χ0) is 18.1. The molecule has 1 saturated carbocycles. The fourth-order valence-electron chi connectivity index (χ4n) is 2.53. The molecule has 2 heterocycles. The molecule has 0 saturated heterocycles. The van der Waals surface area contributed by atoms with Gasteiger partial charge in [0.2, 0.25) is 5.91 Å². The predicted molar refractivity (Wildman–Crippen MR) is 94.0 cm³/mol. The summed E-state index contributed by atoms with van der Waals surface area (Å²) >= 11 is 6.16. The van der Waals surface area contributed by atoms with E-state index in [2.05, 4.69) is 15.4 Å². The topological polar surface area (TPSA) is 80.1 Å². The molecule has 132 valence electrons. The lowest BCUT2D eigenvalue weighted by Gasteiger charge is -2.17. The summed E-state index contributed by atoms with van der Waals surface area (Å²) in [6.45, 7) is 3.77. The van der Waals surface area contributed by atoms with Gasteiger partial charge in [-0.3, -0.25) is 9.59 Å². The van der Waals surface area contributed by atoms with Crippen LogP contribution in [0, 0.1) is 13.8 Å². The van der Waals surface area contributed by atoms with E-state index in [0.717, 1.165) is 24.2 Å². The van der Waals surface area contributed by atoms with Crippen LogP contribution in [-0.4, -0.2) is 51.1 Å². The Morgan fingerprint density at radius 3 is 2.68 bits per heavy atom. The number of nitrogens with zero attached hydrogens (tertiary/aromatic N) is 4. The molecule has 0 unspecified atom stereocenters. The van der Waals surface area contributed by atoms with Gasteiger partial charge in [-0.05, 0) is 44.9 Å². The zero-order valence-electron chi connectivity index (χ0n) is 14.4. The summed E-state index contributed by atoms with van der Waals surface area (Å²) in [6.07, 6.45) is 2.00. The van der Waals surface area contributed by atoms with Crippen LogP contribution in [0.25, 0.3) is 5.82 Å². The summed E-state index contributed by atoms with van der Waals surface area (Å²) in [7, 11) is 1.56. The molecule has 1 fully saturated rings. The molecule has 0 bridgehead atoms. The van der Waals surface area contributed by atoms with E-state index in [9.17, 15) is 9.59 Å². The van der Waals surface area contributed by atoms with Crippen LogP contribution >= 0.6 is 11.6 Å². The Bertz CT molecular complexity index is 828. The van der Waals surface area contributed by atoms with Gasteiger partial charge in [-0.1, -0.05) is 11.6 Å². The SMILES string of the molecule is Cc1cc(C)n(-c2ccc(Cl)c(C(=O)N(C)CC(=O)NC3CC3)n2)n1. The number of carbonyl (C=O) groups excluding carboxylic acids is 2. The van der Waals surface area contributed by atoms with Crippen molar-refractivity contribution in [2.24, 2.45) is 0 Å².